The van der Waals surface area contributed by atoms with Crippen molar-refractivity contribution in [2.24, 2.45) is 0 Å². The molecule has 11 heteroatoms. The molecule has 4 aromatic rings. The molecule has 0 aliphatic carbocycles. The molecule has 0 bridgehead atoms. The van der Waals surface area contributed by atoms with Crippen LogP contribution in [0, 0.1) is 13.8 Å². The normalized spacial score (nSPS) is 12.4. The van der Waals surface area contributed by atoms with Gasteiger partial charge in [-0.3, -0.25) is 0 Å². The zero-order valence-electron chi connectivity index (χ0n) is 19.7. The summed E-state index contributed by atoms with van der Waals surface area (Å²) in [5.74, 6) is 0.618. The summed E-state index contributed by atoms with van der Waals surface area (Å²) in [7, 11) is -2.89. The zero-order chi connectivity index (χ0) is 25.4. The number of nitrogens with one attached hydrogen (secondary N) is 1. The molecule has 3 heterocycles. The van der Waals surface area contributed by atoms with Crippen molar-refractivity contribution in [3.63, 3.8) is 0 Å². The molecule has 184 valence electrons. The lowest BCUT2D eigenvalue weighted by molar-refractivity contribution is 0.0593. The summed E-state index contributed by atoms with van der Waals surface area (Å²) in [4.78, 5) is 21.5. The van der Waals surface area contributed by atoms with E-state index in [0.717, 1.165) is 9.54 Å². The van der Waals surface area contributed by atoms with Crippen LogP contribution in [0.4, 0.5) is 11.6 Å². The van der Waals surface area contributed by atoms with E-state index in [1.807, 2.05) is 13.0 Å². The van der Waals surface area contributed by atoms with Crippen LogP contribution < -0.4 is 14.8 Å². The number of aryl methyl sites for hydroxylation is 2. The third-order valence-electron chi connectivity index (χ3n) is 5.65. The van der Waals surface area contributed by atoms with E-state index in [2.05, 4.69) is 15.3 Å². The monoisotopic (exact) mass is 506 g/mol. The number of methoxy groups -OCH3 is 1. The Bertz CT molecular complexity index is 1580. The summed E-state index contributed by atoms with van der Waals surface area (Å²) in [5, 5.41) is 3.11. The summed E-state index contributed by atoms with van der Waals surface area (Å²) in [6, 6.07) is 13.2. The lowest BCUT2D eigenvalue weighted by atomic mass is 10.1. The van der Waals surface area contributed by atoms with Gasteiger partial charge in [-0.2, -0.15) is 0 Å². The first-order chi connectivity index (χ1) is 17.3. The van der Waals surface area contributed by atoms with Crippen LogP contribution in [0.3, 0.4) is 0 Å². The second kappa shape index (κ2) is 9.00. The fraction of sp³-hybridized carbons (Fsp3) is 0.160. The molecule has 1 aliphatic rings. The predicted molar refractivity (Wildman–Crippen MR) is 131 cm³/mol. The average molecular weight is 507 g/mol. The van der Waals surface area contributed by atoms with Gasteiger partial charge in [0.1, 0.15) is 5.69 Å². The first-order valence-electron chi connectivity index (χ1n) is 10.9. The van der Waals surface area contributed by atoms with Crippen LogP contribution in [0.2, 0.25) is 0 Å². The third-order valence-corrected chi connectivity index (χ3v) is 7.33. The van der Waals surface area contributed by atoms with Gasteiger partial charge in [-0.05, 0) is 49.7 Å². The Balaban J connectivity index is 1.57. The number of aromatic nitrogens is 3. The number of rotatable bonds is 6. The smallest absolute Gasteiger partial charge is 0.355 e. The lowest BCUT2D eigenvalue weighted by Crippen LogP contribution is -2.18. The minimum atomic E-state index is -4.08. The summed E-state index contributed by atoms with van der Waals surface area (Å²) in [6.45, 7) is 3.77. The van der Waals surface area contributed by atoms with Crippen LogP contribution in [0.25, 0.3) is 11.3 Å². The predicted octanol–water partition coefficient (Wildman–Crippen LogP) is 4.06. The van der Waals surface area contributed by atoms with E-state index >= 15 is 0 Å². The van der Waals surface area contributed by atoms with Gasteiger partial charge in [0.25, 0.3) is 10.0 Å². The minimum Gasteiger partial charge on any atom is -0.464 e. The summed E-state index contributed by atoms with van der Waals surface area (Å²) >= 11 is 0. The van der Waals surface area contributed by atoms with Crippen molar-refractivity contribution >= 4 is 27.6 Å². The number of para-hydroxylation sites is 1. The number of ether oxygens (including phenoxy) is 3. The van der Waals surface area contributed by atoms with Gasteiger partial charge in [0, 0.05) is 18.0 Å². The number of hydrogen-bond acceptors (Lipinski definition) is 9. The second-order valence-corrected chi connectivity index (χ2v) is 9.92. The maximum Gasteiger partial charge on any atom is 0.355 e. The number of carbonyl (C=O) groups excluding carboxylic acids is 1. The maximum absolute atomic E-state index is 13.4. The molecule has 0 atom stereocenters. The van der Waals surface area contributed by atoms with Gasteiger partial charge in [-0.15, -0.1) is 0 Å². The topological polar surface area (TPSA) is 122 Å². The molecule has 2 aromatic heterocycles. The zero-order valence-corrected chi connectivity index (χ0v) is 20.5. The second-order valence-electron chi connectivity index (χ2n) is 8.11. The van der Waals surface area contributed by atoms with Crippen molar-refractivity contribution in [3.8, 4) is 22.8 Å². The fourth-order valence-corrected chi connectivity index (χ4v) is 5.14. The van der Waals surface area contributed by atoms with Gasteiger partial charge >= 0.3 is 5.97 Å². The number of anilines is 2. The standard InChI is InChI=1S/C25H22N4O6S/c1-15-7-9-18(10-8-15)36(31,32)29-13-17(11-20(29)24(30)33-3)22-16(2)12-26-25(28-22)27-19-5-4-6-21-23(19)35-14-34-21/h4-13H,14H2,1-3H3,(H,26,27,28). The summed E-state index contributed by atoms with van der Waals surface area (Å²) < 4.78 is 43.5. The third kappa shape index (κ3) is 4.13. The maximum atomic E-state index is 13.4. The molecule has 0 saturated heterocycles. The molecule has 1 aliphatic heterocycles. The number of carbonyl (C=O) groups is 1. The Morgan fingerprint density at radius 1 is 1.11 bits per heavy atom. The number of fused-ring (bicyclic) bond motifs is 1. The van der Waals surface area contributed by atoms with Crippen molar-refractivity contribution in [2.75, 3.05) is 19.2 Å². The van der Waals surface area contributed by atoms with Gasteiger partial charge in [0.15, 0.2) is 11.5 Å². The number of esters is 1. The highest BCUT2D eigenvalue weighted by Crippen LogP contribution is 2.40. The van der Waals surface area contributed by atoms with Crippen molar-refractivity contribution in [1.82, 2.24) is 13.9 Å². The van der Waals surface area contributed by atoms with E-state index in [9.17, 15) is 13.2 Å². The first-order valence-corrected chi connectivity index (χ1v) is 12.3. The van der Waals surface area contributed by atoms with E-state index in [4.69, 9.17) is 14.2 Å². The number of nitrogens with zero attached hydrogens (tertiary/aromatic N) is 3. The molecule has 0 spiro atoms. The highest BCUT2D eigenvalue weighted by molar-refractivity contribution is 7.90. The van der Waals surface area contributed by atoms with Gasteiger partial charge < -0.3 is 19.5 Å². The lowest BCUT2D eigenvalue weighted by Gasteiger charge is -2.10. The molecule has 2 aromatic carbocycles. The highest BCUT2D eigenvalue weighted by atomic mass is 32.2. The Kier molecular flexibility index (Phi) is 5.84. The van der Waals surface area contributed by atoms with Crippen LogP contribution in [-0.4, -0.2) is 42.2 Å². The largest absolute Gasteiger partial charge is 0.464 e. The van der Waals surface area contributed by atoms with Crippen LogP contribution in [0.5, 0.6) is 11.5 Å². The van der Waals surface area contributed by atoms with Crippen molar-refractivity contribution in [2.45, 2.75) is 18.7 Å². The molecule has 0 amide bonds. The molecule has 0 unspecified atom stereocenters. The van der Waals surface area contributed by atoms with Gasteiger partial charge in [-0.1, -0.05) is 23.8 Å². The first kappa shape index (κ1) is 23.4. The van der Waals surface area contributed by atoms with Crippen LogP contribution in [0.1, 0.15) is 21.6 Å². The van der Waals surface area contributed by atoms with E-state index in [1.54, 1.807) is 37.4 Å². The molecule has 0 radical (unpaired) electrons. The van der Waals surface area contributed by atoms with Gasteiger partial charge in [0.05, 0.1) is 23.4 Å². The molecule has 5 rings (SSSR count). The summed E-state index contributed by atoms with van der Waals surface area (Å²) in [5.41, 5.74) is 2.92. The van der Waals surface area contributed by atoms with Crippen LogP contribution in [-0.2, 0) is 14.8 Å². The Morgan fingerprint density at radius 2 is 1.89 bits per heavy atom. The average Bonchev–Trinajstić information content (AvgIpc) is 3.53. The van der Waals surface area contributed by atoms with Gasteiger partial charge in [0.2, 0.25) is 12.7 Å². The number of hydrogen-bond donors (Lipinski definition) is 1. The molecule has 36 heavy (non-hydrogen) atoms. The molecule has 0 saturated carbocycles. The Morgan fingerprint density at radius 3 is 2.64 bits per heavy atom. The van der Waals surface area contributed by atoms with Crippen molar-refractivity contribution < 1.29 is 27.4 Å². The number of benzene rings is 2. The summed E-state index contributed by atoms with van der Waals surface area (Å²) in [6.07, 6.45) is 2.96. The molecular weight excluding hydrogens is 484 g/mol. The van der Waals surface area contributed by atoms with Gasteiger partial charge in [-0.25, -0.2) is 27.2 Å². The SMILES string of the molecule is COC(=O)c1cc(-c2nc(Nc3cccc4c3OCO4)ncc2C)cn1S(=O)(=O)c1ccc(C)cc1. The Hall–Kier alpha value is -4.38. The fourth-order valence-electron chi connectivity index (χ4n) is 3.79. The molecule has 1 N–H and O–H groups in total. The van der Waals surface area contributed by atoms with Crippen molar-refractivity contribution in [1.29, 1.82) is 0 Å². The highest BCUT2D eigenvalue weighted by Gasteiger charge is 2.26. The quantitative estimate of drug-likeness (QED) is 0.386. The molecule has 0 fully saturated rings. The van der Waals surface area contributed by atoms with E-state index < -0.39 is 16.0 Å². The molecular formula is C25H22N4O6S. The Labute approximate surface area is 207 Å². The van der Waals surface area contributed by atoms with Crippen molar-refractivity contribution in [3.05, 3.63) is 77.7 Å². The van der Waals surface area contributed by atoms with E-state index in [0.29, 0.717) is 34.0 Å². The van der Waals surface area contributed by atoms with Crippen LogP contribution in [0.15, 0.2) is 65.8 Å². The molecule has 10 nitrogen and oxygen atoms in total. The van der Waals surface area contributed by atoms with Crippen LogP contribution >= 0.6 is 0 Å². The minimum absolute atomic E-state index is 0.0438. The van der Waals surface area contributed by atoms with E-state index in [-0.39, 0.29) is 23.3 Å². The van der Waals surface area contributed by atoms with E-state index in [1.165, 1.54) is 31.5 Å².